The predicted octanol–water partition coefficient (Wildman–Crippen LogP) is 2.86. The fourth-order valence-electron chi connectivity index (χ4n) is 2.18. The summed E-state index contributed by atoms with van der Waals surface area (Å²) in [7, 11) is 1.78. The van der Waals surface area contributed by atoms with Gasteiger partial charge in [-0.15, -0.1) is 0 Å². The van der Waals surface area contributed by atoms with Gasteiger partial charge in [0, 0.05) is 26.7 Å². The highest BCUT2D eigenvalue weighted by molar-refractivity contribution is 5.79. The lowest BCUT2D eigenvalue weighted by Crippen LogP contribution is -2.37. The van der Waals surface area contributed by atoms with Crippen LogP contribution in [0, 0.1) is 6.92 Å². The topological polar surface area (TPSA) is 58.8 Å². The summed E-state index contributed by atoms with van der Waals surface area (Å²) < 4.78 is 10.8. The van der Waals surface area contributed by atoms with Crippen molar-refractivity contribution in [2.75, 3.05) is 20.2 Å². The molecule has 0 atom stereocenters. The molecule has 2 N–H and O–H groups in total. The highest BCUT2D eigenvalue weighted by Crippen LogP contribution is 2.03. The minimum atomic E-state index is 0.521. The first-order valence-corrected chi connectivity index (χ1v) is 7.88. The van der Waals surface area contributed by atoms with Crippen molar-refractivity contribution in [2.24, 2.45) is 4.99 Å². The average Bonchev–Trinajstić information content (AvgIpc) is 3.07. The normalized spacial score (nSPS) is 11.5. The number of rotatable bonds is 8. The minimum Gasteiger partial charge on any atom is -0.467 e. The molecule has 0 aliphatic rings. The fourth-order valence-corrected chi connectivity index (χ4v) is 2.18. The summed E-state index contributed by atoms with van der Waals surface area (Å²) >= 11 is 0. The maximum absolute atomic E-state index is 5.54. The lowest BCUT2D eigenvalue weighted by atomic mass is 10.1. The van der Waals surface area contributed by atoms with E-state index in [0.29, 0.717) is 13.2 Å². The predicted molar refractivity (Wildman–Crippen MR) is 92.4 cm³/mol. The Morgan fingerprint density at radius 3 is 2.87 bits per heavy atom. The molecule has 0 amide bonds. The van der Waals surface area contributed by atoms with Crippen LogP contribution < -0.4 is 10.6 Å². The Labute approximate surface area is 137 Å². The molecule has 0 saturated carbocycles. The molecule has 0 aliphatic carbocycles. The number of ether oxygens (including phenoxy) is 1. The maximum atomic E-state index is 5.54. The van der Waals surface area contributed by atoms with E-state index in [0.717, 1.165) is 31.2 Å². The molecule has 0 radical (unpaired) electrons. The van der Waals surface area contributed by atoms with E-state index in [2.05, 4.69) is 46.8 Å². The second kappa shape index (κ2) is 9.69. The summed E-state index contributed by atoms with van der Waals surface area (Å²) in [6.07, 6.45) is 2.57. The Kier molecular flexibility index (Phi) is 7.20. The van der Waals surface area contributed by atoms with Gasteiger partial charge in [0.2, 0.25) is 0 Å². The van der Waals surface area contributed by atoms with Crippen LogP contribution in [-0.4, -0.2) is 26.2 Å². The molecule has 1 aromatic heterocycles. The van der Waals surface area contributed by atoms with Crippen LogP contribution in [0.5, 0.6) is 0 Å². The Hall–Kier alpha value is -2.27. The van der Waals surface area contributed by atoms with E-state index in [1.807, 2.05) is 12.1 Å². The minimum absolute atomic E-state index is 0.521. The second-order valence-corrected chi connectivity index (χ2v) is 5.33. The first-order chi connectivity index (χ1) is 11.3. The lowest BCUT2D eigenvalue weighted by Gasteiger charge is -2.12. The quantitative estimate of drug-likeness (QED) is 0.447. The van der Waals surface area contributed by atoms with Crippen LogP contribution in [0.15, 0.2) is 52.1 Å². The van der Waals surface area contributed by atoms with Crippen molar-refractivity contribution >= 4 is 5.96 Å². The number of nitrogens with one attached hydrogen (secondary N) is 2. The summed E-state index contributed by atoms with van der Waals surface area (Å²) in [5.41, 5.74) is 2.51. The number of benzene rings is 1. The number of guanidine groups is 1. The number of aliphatic imine (C=N–C) groups is 1. The zero-order chi connectivity index (χ0) is 16.3. The van der Waals surface area contributed by atoms with Crippen molar-refractivity contribution in [3.63, 3.8) is 0 Å². The van der Waals surface area contributed by atoms with E-state index in [4.69, 9.17) is 9.15 Å². The van der Waals surface area contributed by atoms with E-state index in [1.54, 1.807) is 13.3 Å². The molecule has 0 spiro atoms. The van der Waals surface area contributed by atoms with Crippen molar-refractivity contribution in [1.82, 2.24) is 10.6 Å². The molecular formula is C18H25N3O2. The smallest absolute Gasteiger partial charge is 0.191 e. The number of nitrogens with zero attached hydrogens (tertiary/aromatic N) is 1. The van der Waals surface area contributed by atoms with Crippen LogP contribution in [-0.2, 0) is 17.9 Å². The van der Waals surface area contributed by atoms with E-state index in [-0.39, 0.29) is 0 Å². The van der Waals surface area contributed by atoms with Crippen LogP contribution >= 0.6 is 0 Å². The standard InChI is InChI=1S/C18H25N3O2/c1-15-6-3-7-16(12-15)13-21-18(19-2)20-9-5-10-22-14-17-8-4-11-23-17/h3-4,6-8,11-12H,5,9-10,13-14H2,1-2H3,(H2,19,20,21). The summed E-state index contributed by atoms with van der Waals surface area (Å²) in [6.45, 7) is 4.87. The van der Waals surface area contributed by atoms with Gasteiger partial charge in [-0.1, -0.05) is 29.8 Å². The molecule has 1 heterocycles. The molecule has 0 bridgehead atoms. The molecule has 2 rings (SSSR count). The number of furan rings is 1. The monoisotopic (exact) mass is 315 g/mol. The summed E-state index contributed by atoms with van der Waals surface area (Å²) in [6, 6.07) is 12.2. The van der Waals surface area contributed by atoms with E-state index < -0.39 is 0 Å². The lowest BCUT2D eigenvalue weighted by molar-refractivity contribution is 0.105. The third-order valence-corrected chi connectivity index (χ3v) is 3.35. The molecule has 0 fully saturated rings. The maximum Gasteiger partial charge on any atom is 0.191 e. The Morgan fingerprint density at radius 1 is 1.22 bits per heavy atom. The molecule has 5 heteroatoms. The van der Waals surface area contributed by atoms with Gasteiger partial charge < -0.3 is 19.8 Å². The van der Waals surface area contributed by atoms with Crippen LogP contribution in [0.1, 0.15) is 23.3 Å². The van der Waals surface area contributed by atoms with E-state index in [9.17, 15) is 0 Å². The molecular weight excluding hydrogens is 290 g/mol. The second-order valence-electron chi connectivity index (χ2n) is 5.33. The number of hydrogen-bond donors (Lipinski definition) is 2. The van der Waals surface area contributed by atoms with Gasteiger partial charge in [-0.25, -0.2) is 0 Å². The zero-order valence-electron chi connectivity index (χ0n) is 13.8. The van der Waals surface area contributed by atoms with Gasteiger partial charge in [0.05, 0.1) is 6.26 Å². The largest absolute Gasteiger partial charge is 0.467 e. The van der Waals surface area contributed by atoms with Crippen LogP contribution in [0.3, 0.4) is 0 Å². The Bertz CT molecular complexity index is 594. The van der Waals surface area contributed by atoms with Crippen LogP contribution in [0.4, 0.5) is 0 Å². The Morgan fingerprint density at radius 2 is 2.13 bits per heavy atom. The highest BCUT2D eigenvalue weighted by Gasteiger charge is 1.99. The van der Waals surface area contributed by atoms with E-state index >= 15 is 0 Å². The molecule has 0 unspecified atom stereocenters. The third kappa shape index (κ3) is 6.57. The van der Waals surface area contributed by atoms with Crippen LogP contribution in [0.2, 0.25) is 0 Å². The third-order valence-electron chi connectivity index (χ3n) is 3.35. The first kappa shape index (κ1) is 17.1. The van der Waals surface area contributed by atoms with Gasteiger partial charge in [0.1, 0.15) is 12.4 Å². The van der Waals surface area contributed by atoms with Crippen LogP contribution in [0.25, 0.3) is 0 Å². The van der Waals surface area contributed by atoms with Gasteiger partial charge in [0.25, 0.3) is 0 Å². The summed E-state index contributed by atoms with van der Waals surface area (Å²) in [5, 5.41) is 6.59. The van der Waals surface area contributed by atoms with Gasteiger partial charge in [-0.05, 0) is 31.0 Å². The molecule has 0 saturated heterocycles. The molecule has 0 aliphatic heterocycles. The van der Waals surface area contributed by atoms with Crippen molar-refractivity contribution in [3.8, 4) is 0 Å². The zero-order valence-corrected chi connectivity index (χ0v) is 13.8. The molecule has 2 aromatic rings. The van der Waals surface area contributed by atoms with Gasteiger partial charge >= 0.3 is 0 Å². The first-order valence-electron chi connectivity index (χ1n) is 7.88. The molecule has 23 heavy (non-hydrogen) atoms. The van der Waals surface area contributed by atoms with E-state index in [1.165, 1.54) is 11.1 Å². The van der Waals surface area contributed by atoms with Gasteiger partial charge in [-0.3, -0.25) is 4.99 Å². The highest BCUT2D eigenvalue weighted by atomic mass is 16.5. The summed E-state index contributed by atoms with van der Waals surface area (Å²) in [4.78, 5) is 4.22. The Balaban J connectivity index is 1.58. The molecule has 5 nitrogen and oxygen atoms in total. The molecule has 124 valence electrons. The van der Waals surface area contributed by atoms with Crippen molar-refractivity contribution < 1.29 is 9.15 Å². The number of aryl methyl sites for hydroxylation is 1. The molecule has 1 aromatic carbocycles. The van der Waals surface area contributed by atoms with Gasteiger partial charge in [0.15, 0.2) is 5.96 Å². The van der Waals surface area contributed by atoms with Crippen molar-refractivity contribution in [3.05, 3.63) is 59.5 Å². The number of hydrogen-bond acceptors (Lipinski definition) is 3. The van der Waals surface area contributed by atoms with Crippen molar-refractivity contribution in [2.45, 2.75) is 26.5 Å². The van der Waals surface area contributed by atoms with Gasteiger partial charge in [-0.2, -0.15) is 0 Å². The summed E-state index contributed by atoms with van der Waals surface area (Å²) in [5.74, 6) is 1.66. The average molecular weight is 315 g/mol. The fraction of sp³-hybridized carbons (Fsp3) is 0.389. The SMILES string of the molecule is CN=C(NCCCOCc1ccco1)NCc1cccc(C)c1. The van der Waals surface area contributed by atoms with Crippen molar-refractivity contribution in [1.29, 1.82) is 0 Å².